The molecule has 3 heterocycles. The summed E-state index contributed by atoms with van der Waals surface area (Å²) in [4.78, 5) is 0. The van der Waals surface area contributed by atoms with E-state index in [9.17, 15) is 5.11 Å². The third kappa shape index (κ3) is 22.3. The second-order valence-electron chi connectivity index (χ2n) is 29.7. The Morgan fingerprint density at radius 2 is 0.598 bits per heavy atom. The van der Waals surface area contributed by atoms with E-state index < -0.39 is 105 Å². The van der Waals surface area contributed by atoms with Crippen LogP contribution < -0.4 is 10.4 Å². The third-order valence-corrected chi connectivity index (χ3v) is 25.6. The van der Waals surface area contributed by atoms with Crippen LogP contribution in [0.25, 0.3) is 0 Å². The molecule has 0 bridgehead atoms. The zero-order valence-corrected chi connectivity index (χ0v) is 65.3. The molecule has 0 radical (unpaired) electrons. The van der Waals surface area contributed by atoms with Crippen LogP contribution in [0.1, 0.15) is 78.1 Å². The van der Waals surface area contributed by atoms with Crippen LogP contribution in [0.2, 0.25) is 5.04 Å². The highest BCUT2D eigenvalue weighted by Gasteiger charge is 2.59. The molecule has 10 aromatic carbocycles. The molecule has 1 N–H and O–H groups in total. The fourth-order valence-electron chi connectivity index (χ4n) is 14.9. The number of ether oxygens (including phenoxy) is 14. The number of rotatable bonds is 40. The van der Waals surface area contributed by atoms with Gasteiger partial charge in [-0.25, -0.2) is 0 Å². The fraction of sp³-hybridized carbons (Fsp3) is 0.347. The average Bonchev–Trinajstić information content (AvgIpc) is 0.744. The maximum absolute atomic E-state index is 13.7. The van der Waals surface area contributed by atoms with Gasteiger partial charge in [-0.15, -0.1) is 6.58 Å². The first-order valence-electron chi connectivity index (χ1n) is 39.2. The molecular weight excluding hydrogens is 1430 g/mol. The lowest BCUT2D eigenvalue weighted by Gasteiger charge is -2.52. The van der Waals surface area contributed by atoms with Gasteiger partial charge in [0, 0.05) is 0 Å². The molecule has 0 aliphatic carbocycles. The molecule has 3 aliphatic heterocycles. The van der Waals surface area contributed by atoms with Gasteiger partial charge >= 0.3 is 0 Å². The summed E-state index contributed by atoms with van der Waals surface area (Å²) in [5.74, 6) is 0. The van der Waals surface area contributed by atoms with E-state index in [2.05, 4.69) is 75.9 Å². The van der Waals surface area contributed by atoms with Gasteiger partial charge < -0.3 is 75.8 Å². The van der Waals surface area contributed by atoms with Crippen molar-refractivity contribution in [2.75, 3.05) is 26.4 Å². The lowest BCUT2D eigenvalue weighted by molar-refractivity contribution is -0.403. The summed E-state index contributed by atoms with van der Waals surface area (Å²) in [6.07, 6.45) is -14.0. The first kappa shape index (κ1) is 81.5. The van der Waals surface area contributed by atoms with Crippen LogP contribution in [-0.4, -0.2) is 132 Å². The first-order chi connectivity index (χ1) is 55.1. The van der Waals surface area contributed by atoms with Crippen molar-refractivity contribution in [3.05, 3.63) is 360 Å². The van der Waals surface area contributed by atoms with Crippen LogP contribution in [0, 0.1) is 0 Å². The standard InChI is InChI=1S/C95H106O16Si/c1-5-6-37-58-99-93-90(88(104-65-76-50-29-13-30-51-76)85(101-62-73-44-23-10-24-45-73)81(108-93)68-98-60-71-40-19-8-20-41-71)111-94-91(110-92-83(96)87(103-64-75-48-27-12-28-49-75)84(100-61-72-42-21-9-22-43-72)80(107-92)67-97-59-70-38-17-7-18-39-70)89(105-66-77-52-31-14-32-53-77)86(102-63-74-46-25-11-26-47-74)82(109-94)69-106-112(95(2,3)4,78-54-33-15-34-55-78)79-56-35-16-36-57-79/h5,7-36,38-57,80-94,96H,1,6,37,58-69H2,2-4H3/t80-,81-,82-,83+,84-,85-,86-,87-,88+,89+,90+,91+,92-,93+,94-/m1/s1. The SMILES string of the molecule is C=CCCCO[C@H]1O[C@H](COCc2ccccc2)[C@@H](OCc2ccccc2)[C@H](OCc2ccccc2)[C@@H]1O[C@H]1O[C@H](CO[Si](c2ccccc2)(c2ccccc2)C(C)(C)C)[C@@H](OCc2ccccc2)[C@H](OCc2ccccc2)[C@@H]1O[C@H]1O[C@H](COCc2ccccc2)[C@@H](OCc2ccccc2)[C@H](OCc2ccccc2)[C@@H]1O. The van der Waals surface area contributed by atoms with Crippen molar-refractivity contribution in [2.24, 2.45) is 0 Å². The molecule has 15 atom stereocenters. The van der Waals surface area contributed by atoms with E-state index in [1.54, 1.807) is 0 Å². The van der Waals surface area contributed by atoms with Gasteiger partial charge in [-0.05, 0) is 72.8 Å². The minimum absolute atomic E-state index is 0.00303. The number of hydrogen-bond donors (Lipinski definition) is 1. The Hall–Kier alpha value is -8.48. The first-order valence-corrected chi connectivity index (χ1v) is 41.1. The van der Waals surface area contributed by atoms with E-state index in [-0.39, 0.29) is 72.7 Å². The number of aliphatic hydroxyl groups excluding tert-OH is 1. The Labute approximate surface area is 661 Å². The maximum Gasteiger partial charge on any atom is 0.261 e. The van der Waals surface area contributed by atoms with E-state index in [1.165, 1.54) is 0 Å². The lowest BCUT2D eigenvalue weighted by atomic mass is 9.95. The fourth-order valence-corrected chi connectivity index (χ4v) is 19.5. The van der Waals surface area contributed by atoms with E-state index in [0.717, 1.165) is 54.9 Å². The molecule has 0 unspecified atom stereocenters. The van der Waals surface area contributed by atoms with Crippen LogP contribution >= 0.6 is 0 Å². The molecule has 0 amide bonds. The monoisotopic (exact) mass is 1530 g/mol. The van der Waals surface area contributed by atoms with Crippen molar-refractivity contribution < 1.29 is 75.8 Å². The van der Waals surface area contributed by atoms with Crippen molar-refractivity contribution in [3.63, 3.8) is 0 Å². The predicted octanol–water partition coefficient (Wildman–Crippen LogP) is 15.8. The summed E-state index contributed by atoms with van der Waals surface area (Å²) in [6, 6.07) is 101. The molecule has 3 saturated heterocycles. The Bertz CT molecular complexity index is 4220. The van der Waals surface area contributed by atoms with Crippen molar-refractivity contribution in [2.45, 2.75) is 184 Å². The topological polar surface area (TPSA) is 159 Å². The third-order valence-electron chi connectivity index (χ3n) is 20.6. The minimum atomic E-state index is -3.39. The Balaban J connectivity index is 0.977. The summed E-state index contributed by atoms with van der Waals surface area (Å²) >= 11 is 0. The molecule has 0 aromatic heterocycles. The Morgan fingerprint density at radius 1 is 0.321 bits per heavy atom. The second-order valence-corrected chi connectivity index (χ2v) is 34.0. The molecule has 3 aliphatic rings. The van der Waals surface area contributed by atoms with Gasteiger partial charge in [-0.3, -0.25) is 0 Å². The van der Waals surface area contributed by atoms with Crippen LogP contribution in [0.15, 0.2) is 316 Å². The summed E-state index contributed by atoms with van der Waals surface area (Å²) in [5.41, 5.74) is 7.32. The number of unbranched alkanes of at least 4 members (excludes halogenated alkanes) is 1. The number of hydrogen-bond acceptors (Lipinski definition) is 16. The molecule has 16 nitrogen and oxygen atoms in total. The predicted molar refractivity (Wildman–Crippen MR) is 433 cm³/mol. The van der Waals surface area contributed by atoms with Gasteiger partial charge in [-0.2, -0.15) is 0 Å². The highest BCUT2D eigenvalue weighted by molar-refractivity contribution is 6.99. The number of allylic oxidation sites excluding steroid dienone is 1. The quantitative estimate of drug-likeness (QED) is 0.0219. The van der Waals surface area contributed by atoms with Gasteiger partial charge in [0.25, 0.3) is 8.32 Å². The molecule has 3 fully saturated rings. The van der Waals surface area contributed by atoms with E-state index >= 15 is 0 Å². The molecular formula is C95H106O16Si. The lowest BCUT2D eigenvalue weighted by Crippen LogP contribution is -2.70. The molecule has 586 valence electrons. The molecule has 13 rings (SSSR count). The highest BCUT2D eigenvalue weighted by Crippen LogP contribution is 2.42. The largest absolute Gasteiger partial charge is 0.405 e. The van der Waals surface area contributed by atoms with Gasteiger partial charge in [0.1, 0.15) is 73.2 Å². The van der Waals surface area contributed by atoms with Crippen molar-refractivity contribution >= 4 is 18.7 Å². The van der Waals surface area contributed by atoms with Crippen molar-refractivity contribution in [3.8, 4) is 0 Å². The molecule has 17 heteroatoms. The maximum atomic E-state index is 13.7. The van der Waals surface area contributed by atoms with Crippen LogP contribution in [0.5, 0.6) is 0 Å². The van der Waals surface area contributed by atoms with Gasteiger partial charge in [0.15, 0.2) is 18.9 Å². The van der Waals surface area contributed by atoms with Crippen LogP contribution in [-0.2, 0) is 124 Å². The molecule has 10 aromatic rings. The summed E-state index contributed by atoms with van der Waals surface area (Å²) in [7, 11) is -3.39. The molecule has 0 saturated carbocycles. The second kappa shape index (κ2) is 42.0. The van der Waals surface area contributed by atoms with Crippen molar-refractivity contribution in [1.82, 2.24) is 0 Å². The zero-order chi connectivity index (χ0) is 77.0. The van der Waals surface area contributed by atoms with Gasteiger partial charge in [0.05, 0.1) is 79.3 Å². The van der Waals surface area contributed by atoms with E-state index in [4.69, 9.17) is 70.7 Å². The highest BCUT2D eigenvalue weighted by atomic mass is 28.4. The summed E-state index contributed by atoms with van der Waals surface area (Å²) in [5, 5.41) is 15.3. The molecule has 112 heavy (non-hydrogen) atoms. The Morgan fingerprint density at radius 3 is 0.946 bits per heavy atom. The van der Waals surface area contributed by atoms with Crippen LogP contribution in [0.3, 0.4) is 0 Å². The smallest absolute Gasteiger partial charge is 0.261 e. The normalized spacial score (nSPS) is 24.1. The number of aliphatic hydroxyl groups is 1. The van der Waals surface area contributed by atoms with E-state index in [1.807, 2.05) is 261 Å². The zero-order valence-electron chi connectivity index (χ0n) is 64.3. The van der Waals surface area contributed by atoms with E-state index in [0.29, 0.717) is 19.4 Å². The Kier molecular flexibility index (Phi) is 30.6. The van der Waals surface area contributed by atoms with Crippen molar-refractivity contribution in [1.29, 1.82) is 0 Å². The van der Waals surface area contributed by atoms with Gasteiger partial charge in [0.2, 0.25) is 0 Å². The van der Waals surface area contributed by atoms with Gasteiger partial charge in [-0.1, -0.05) is 330 Å². The molecule has 0 spiro atoms. The summed E-state index contributed by atoms with van der Waals surface area (Å²) < 4.78 is 111. The minimum Gasteiger partial charge on any atom is -0.405 e. The average molecular weight is 1530 g/mol. The van der Waals surface area contributed by atoms with Crippen LogP contribution in [0.4, 0.5) is 0 Å². The number of benzene rings is 10. The summed E-state index contributed by atoms with van der Waals surface area (Å²) in [6.45, 7) is 12.4.